The highest BCUT2D eigenvalue weighted by atomic mass is 19.1. The third-order valence-corrected chi connectivity index (χ3v) is 1.58. The van der Waals surface area contributed by atoms with Crippen molar-refractivity contribution in [3.63, 3.8) is 0 Å². The van der Waals surface area contributed by atoms with Crippen molar-refractivity contribution in [1.82, 2.24) is 4.90 Å². The minimum absolute atomic E-state index is 0.274. The summed E-state index contributed by atoms with van der Waals surface area (Å²) >= 11 is 0. The molecule has 4 heteroatoms. The van der Waals surface area contributed by atoms with Crippen LogP contribution >= 0.6 is 0 Å². The molecule has 0 saturated carbocycles. The number of hydrogen-bond acceptors (Lipinski definition) is 1. The van der Waals surface area contributed by atoms with E-state index in [1.807, 2.05) is 13.8 Å². The lowest BCUT2D eigenvalue weighted by molar-refractivity contribution is 0.0666. The first-order chi connectivity index (χ1) is 5.63. The molecule has 0 aliphatic rings. The summed E-state index contributed by atoms with van der Waals surface area (Å²) in [6, 6.07) is 0. The molecule has 0 aliphatic carbocycles. The van der Waals surface area contributed by atoms with Gasteiger partial charge in [-0.3, -0.25) is 4.90 Å². The van der Waals surface area contributed by atoms with Gasteiger partial charge in [0, 0.05) is 6.54 Å². The lowest BCUT2D eigenvalue weighted by atomic mass is 10.3. The average molecular weight is 177 g/mol. The second-order valence-corrected chi connectivity index (χ2v) is 2.70. The molecule has 1 atom stereocenters. The first kappa shape index (κ1) is 11.2. The average Bonchev–Trinajstić information content (AvgIpc) is 1.99. The summed E-state index contributed by atoms with van der Waals surface area (Å²) in [5.41, 5.74) is 0. The van der Waals surface area contributed by atoms with Gasteiger partial charge in [-0.1, -0.05) is 20.3 Å². The van der Waals surface area contributed by atoms with Crippen LogP contribution in [0.25, 0.3) is 0 Å². The number of amides is 1. The van der Waals surface area contributed by atoms with E-state index in [-0.39, 0.29) is 13.0 Å². The highest BCUT2D eigenvalue weighted by Crippen LogP contribution is 2.09. The van der Waals surface area contributed by atoms with Crippen molar-refractivity contribution < 1.29 is 14.3 Å². The normalized spacial score (nSPS) is 12.6. The van der Waals surface area contributed by atoms with Gasteiger partial charge in [0.2, 0.25) is 0 Å². The van der Waals surface area contributed by atoms with Crippen LogP contribution in [0, 0.1) is 0 Å². The van der Waals surface area contributed by atoms with E-state index in [1.165, 1.54) is 0 Å². The largest absolute Gasteiger partial charge is 0.465 e. The number of nitrogens with zero attached hydrogens (tertiary/aromatic N) is 1. The highest BCUT2D eigenvalue weighted by molar-refractivity contribution is 5.65. The molecule has 0 aromatic carbocycles. The molecule has 0 fully saturated rings. The van der Waals surface area contributed by atoms with Crippen LogP contribution in [0.5, 0.6) is 0 Å². The number of rotatable bonds is 5. The summed E-state index contributed by atoms with van der Waals surface area (Å²) < 4.78 is 13.1. The van der Waals surface area contributed by atoms with E-state index in [0.717, 1.165) is 4.90 Å². The minimum Gasteiger partial charge on any atom is -0.465 e. The molecule has 0 spiro atoms. The molecule has 3 nitrogen and oxygen atoms in total. The van der Waals surface area contributed by atoms with Gasteiger partial charge < -0.3 is 5.11 Å². The van der Waals surface area contributed by atoms with E-state index in [9.17, 15) is 9.18 Å². The van der Waals surface area contributed by atoms with Gasteiger partial charge in [0.1, 0.15) is 0 Å². The Morgan fingerprint density at radius 3 is 2.42 bits per heavy atom. The topological polar surface area (TPSA) is 40.5 Å². The maximum absolute atomic E-state index is 13.1. The van der Waals surface area contributed by atoms with Crippen molar-refractivity contribution in [3.8, 4) is 0 Å². The number of alkyl halides is 1. The number of carbonyl (C=O) groups is 1. The van der Waals surface area contributed by atoms with E-state index in [1.54, 1.807) is 0 Å². The van der Waals surface area contributed by atoms with E-state index in [4.69, 9.17) is 5.11 Å². The quantitative estimate of drug-likeness (QED) is 0.655. The lowest BCUT2D eigenvalue weighted by Crippen LogP contribution is -2.37. The van der Waals surface area contributed by atoms with Gasteiger partial charge in [0.25, 0.3) is 0 Å². The molecule has 0 radical (unpaired) electrons. The zero-order valence-corrected chi connectivity index (χ0v) is 7.59. The molecular formula is C8H16FNO2. The summed E-state index contributed by atoms with van der Waals surface area (Å²) in [4.78, 5) is 11.3. The molecule has 0 rings (SSSR count). The monoisotopic (exact) mass is 177 g/mol. The molecular weight excluding hydrogens is 161 g/mol. The van der Waals surface area contributed by atoms with Crippen molar-refractivity contribution in [1.29, 1.82) is 0 Å². The Morgan fingerprint density at radius 2 is 2.08 bits per heavy atom. The van der Waals surface area contributed by atoms with Gasteiger partial charge in [-0.2, -0.15) is 0 Å². The van der Waals surface area contributed by atoms with E-state index >= 15 is 0 Å². The fraction of sp³-hybridized carbons (Fsp3) is 0.875. The lowest BCUT2D eigenvalue weighted by Gasteiger charge is -2.22. The maximum Gasteiger partial charge on any atom is 0.409 e. The van der Waals surface area contributed by atoms with Crippen molar-refractivity contribution in [3.05, 3.63) is 0 Å². The molecule has 0 aromatic heterocycles. The number of halogens is 1. The molecule has 0 bridgehead atoms. The maximum atomic E-state index is 13.1. The van der Waals surface area contributed by atoms with Gasteiger partial charge in [-0.15, -0.1) is 0 Å². The molecule has 72 valence electrons. The van der Waals surface area contributed by atoms with E-state index in [0.29, 0.717) is 12.8 Å². The van der Waals surface area contributed by atoms with Crippen LogP contribution < -0.4 is 0 Å². The molecule has 1 N–H and O–H groups in total. The molecule has 1 amide bonds. The SMILES string of the molecule is CCCC(F)N(CCC)C(=O)O. The fourth-order valence-electron chi connectivity index (χ4n) is 0.991. The Kier molecular flexibility index (Phi) is 5.41. The standard InChI is InChI=1S/C8H16FNO2/c1-3-5-7(9)10(6-4-2)8(11)12/h7H,3-6H2,1-2H3,(H,11,12). The van der Waals surface area contributed by atoms with Crippen LogP contribution in [0.4, 0.5) is 9.18 Å². The zero-order chi connectivity index (χ0) is 9.56. The van der Waals surface area contributed by atoms with Crippen molar-refractivity contribution >= 4 is 6.09 Å². The molecule has 0 heterocycles. The molecule has 1 unspecified atom stereocenters. The van der Waals surface area contributed by atoms with Crippen LogP contribution in [-0.2, 0) is 0 Å². The van der Waals surface area contributed by atoms with Gasteiger partial charge >= 0.3 is 6.09 Å². The molecule has 0 aliphatic heterocycles. The number of carboxylic acid groups (broad SMARTS) is 1. The van der Waals surface area contributed by atoms with Crippen molar-refractivity contribution in [2.24, 2.45) is 0 Å². The minimum atomic E-state index is -1.34. The molecule has 0 saturated heterocycles. The van der Waals surface area contributed by atoms with Crippen LogP contribution in [0.1, 0.15) is 33.1 Å². The van der Waals surface area contributed by atoms with Crippen LogP contribution in [0.15, 0.2) is 0 Å². The Morgan fingerprint density at radius 1 is 1.50 bits per heavy atom. The highest BCUT2D eigenvalue weighted by Gasteiger charge is 2.20. The smallest absolute Gasteiger partial charge is 0.409 e. The Bertz CT molecular complexity index is 141. The summed E-state index contributed by atoms with van der Waals surface area (Å²) in [5, 5.41) is 8.59. The van der Waals surface area contributed by atoms with Crippen molar-refractivity contribution in [2.45, 2.75) is 39.4 Å². The van der Waals surface area contributed by atoms with Gasteiger partial charge in [0.15, 0.2) is 6.30 Å². The molecule has 12 heavy (non-hydrogen) atoms. The van der Waals surface area contributed by atoms with Gasteiger partial charge in [-0.25, -0.2) is 9.18 Å². The second kappa shape index (κ2) is 5.80. The van der Waals surface area contributed by atoms with E-state index in [2.05, 4.69) is 0 Å². The van der Waals surface area contributed by atoms with Crippen LogP contribution in [0.2, 0.25) is 0 Å². The number of hydrogen-bond donors (Lipinski definition) is 1. The van der Waals surface area contributed by atoms with Crippen LogP contribution in [-0.4, -0.2) is 28.9 Å². The Hall–Kier alpha value is -0.800. The summed E-state index contributed by atoms with van der Waals surface area (Å²) in [5.74, 6) is 0. The fourth-order valence-corrected chi connectivity index (χ4v) is 0.991. The first-order valence-corrected chi connectivity index (χ1v) is 4.27. The van der Waals surface area contributed by atoms with Crippen molar-refractivity contribution in [2.75, 3.05) is 6.54 Å². The first-order valence-electron chi connectivity index (χ1n) is 4.27. The van der Waals surface area contributed by atoms with E-state index < -0.39 is 12.4 Å². The summed E-state index contributed by atoms with van der Waals surface area (Å²) in [7, 11) is 0. The predicted molar refractivity (Wildman–Crippen MR) is 44.8 cm³/mol. The third-order valence-electron chi connectivity index (χ3n) is 1.58. The summed E-state index contributed by atoms with van der Waals surface area (Å²) in [6.45, 7) is 3.93. The predicted octanol–water partition coefficient (Wildman–Crippen LogP) is 2.47. The Balaban J connectivity index is 3.99. The van der Waals surface area contributed by atoms with Gasteiger partial charge in [-0.05, 0) is 12.8 Å². The van der Waals surface area contributed by atoms with Crippen LogP contribution in [0.3, 0.4) is 0 Å². The molecule has 0 aromatic rings. The Labute approximate surface area is 72.2 Å². The summed E-state index contributed by atoms with van der Waals surface area (Å²) in [6.07, 6.45) is -0.914. The zero-order valence-electron chi connectivity index (χ0n) is 7.59. The van der Waals surface area contributed by atoms with Gasteiger partial charge in [0.05, 0.1) is 0 Å². The second-order valence-electron chi connectivity index (χ2n) is 2.70. The third kappa shape index (κ3) is 3.55.